The van der Waals surface area contributed by atoms with Gasteiger partial charge < -0.3 is 10.1 Å². The Kier molecular flexibility index (Phi) is 4.98. The minimum atomic E-state index is -0.446. The highest BCUT2D eigenvalue weighted by Crippen LogP contribution is 2.30. The summed E-state index contributed by atoms with van der Waals surface area (Å²) < 4.78 is 5.10. The molecule has 0 unspecified atom stereocenters. The molecule has 0 fully saturated rings. The number of nitrogens with one attached hydrogen (secondary N) is 1. The lowest BCUT2D eigenvalue weighted by atomic mass is 9.99. The van der Waals surface area contributed by atoms with E-state index in [-0.39, 0.29) is 6.61 Å². The first-order valence-electron chi connectivity index (χ1n) is 7.46. The van der Waals surface area contributed by atoms with Gasteiger partial charge in [0, 0.05) is 4.88 Å². The average molecular weight is 350 g/mol. The number of fused-ring (bicyclic) bond motifs is 1. The van der Waals surface area contributed by atoms with Crippen LogP contribution in [-0.2, 0) is 22.4 Å². The number of carbonyl (C=O) groups excluding carboxylic acids is 2. The van der Waals surface area contributed by atoms with Crippen molar-refractivity contribution in [3.05, 3.63) is 50.7 Å². The van der Waals surface area contributed by atoms with Gasteiger partial charge in [-0.3, -0.25) is 4.79 Å². The fourth-order valence-electron chi connectivity index (χ4n) is 2.54. The van der Waals surface area contributed by atoms with Crippen molar-refractivity contribution in [1.82, 2.24) is 0 Å². The molecule has 3 rings (SSSR count). The van der Waals surface area contributed by atoms with Crippen LogP contribution in [0.1, 0.15) is 33.0 Å². The fraction of sp³-hybridized carbons (Fsp3) is 0.294. The number of thiophene rings is 1. The van der Waals surface area contributed by atoms with E-state index >= 15 is 0 Å². The highest BCUT2D eigenvalue weighted by Gasteiger charge is 2.19. The summed E-state index contributed by atoms with van der Waals surface area (Å²) in [6.07, 6.45) is 4.38. The van der Waals surface area contributed by atoms with E-state index in [1.807, 2.05) is 6.07 Å². The molecule has 0 saturated heterocycles. The molecule has 6 heteroatoms. The molecule has 0 spiro atoms. The molecule has 1 aromatic carbocycles. The van der Waals surface area contributed by atoms with Gasteiger partial charge in [-0.1, -0.05) is 23.7 Å². The van der Waals surface area contributed by atoms with Gasteiger partial charge in [-0.05, 0) is 49.4 Å². The zero-order valence-corrected chi connectivity index (χ0v) is 14.0. The highest BCUT2D eigenvalue weighted by molar-refractivity contribution is 7.14. The molecular formula is C17H16ClNO3S. The maximum absolute atomic E-state index is 12.1. The van der Waals surface area contributed by atoms with Crippen LogP contribution in [0.3, 0.4) is 0 Å². The summed E-state index contributed by atoms with van der Waals surface area (Å²) in [4.78, 5) is 25.8. The lowest BCUT2D eigenvalue weighted by molar-refractivity contribution is -0.119. The Labute approximate surface area is 143 Å². The maximum Gasteiger partial charge on any atom is 0.348 e. The minimum absolute atomic E-state index is 0.327. The van der Waals surface area contributed by atoms with Gasteiger partial charge in [-0.25, -0.2) is 4.79 Å². The summed E-state index contributed by atoms with van der Waals surface area (Å²) in [5, 5.41) is 3.06. The van der Waals surface area contributed by atoms with Crippen molar-refractivity contribution in [2.45, 2.75) is 25.7 Å². The van der Waals surface area contributed by atoms with Gasteiger partial charge in [-0.15, -0.1) is 11.3 Å². The first-order valence-corrected chi connectivity index (χ1v) is 8.66. The third kappa shape index (κ3) is 3.92. The van der Waals surface area contributed by atoms with E-state index in [2.05, 4.69) is 5.32 Å². The number of aryl methyl sites for hydroxylation is 2. The first-order chi connectivity index (χ1) is 11.1. The predicted octanol–water partition coefficient (Wildman–Crippen LogP) is 4.08. The fourth-order valence-corrected chi connectivity index (χ4v) is 3.87. The van der Waals surface area contributed by atoms with Gasteiger partial charge in [0.25, 0.3) is 5.91 Å². The van der Waals surface area contributed by atoms with Gasteiger partial charge in [-0.2, -0.15) is 0 Å². The zero-order chi connectivity index (χ0) is 16.2. The lowest BCUT2D eigenvalue weighted by Crippen LogP contribution is -2.20. The Balaban J connectivity index is 1.55. The van der Waals surface area contributed by atoms with Crippen molar-refractivity contribution in [2.24, 2.45) is 0 Å². The number of esters is 1. The van der Waals surface area contributed by atoms with E-state index in [0.717, 1.165) is 12.8 Å². The van der Waals surface area contributed by atoms with E-state index in [4.69, 9.17) is 16.3 Å². The van der Waals surface area contributed by atoms with Crippen molar-refractivity contribution in [3.63, 3.8) is 0 Å². The molecule has 0 radical (unpaired) electrons. The Hall–Kier alpha value is -1.85. The second-order valence-electron chi connectivity index (χ2n) is 5.37. The van der Waals surface area contributed by atoms with Crippen LogP contribution in [0.4, 0.5) is 5.69 Å². The number of halogens is 1. The van der Waals surface area contributed by atoms with Crippen molar-refractivity contribution in [2.75, 3.05) is 11.9 Å². The molecule has 1 aliphatic carbocycles. The average Bonchev–Trinajstić information content (AvgIpc) is 2.99. The van der Waals surface area contributed by atoms with Crippen LogP contribution in [0.5, 0.6) is 0 Å². The SMILES string of the molecule is O=C(COC(=O)c1cc2c(s1)CCCC2)Nc1ccccc1Cl. The van der Waals surface area contributed by atoms with Gasteiger partial charge in [0.15, 0.2) is 6.61 Å². The number of rotatable bonds is 4. The van der Waals surface area contributed by atoms with Crippen LogP contribution in [0.2, 0.25) is 5.02 Å². The number of amides is 1. The predicted molar refractivity (Wildman–Crippen MR) is 91.3 cm³/mol. The minimum Gasteiger partial charge on any atom is -0.451 e. The Morgan fingerprint density at radius 3 is 2.78 bits per heavy atom. The van der Waals surface area contributed by atoms with Crippen LogP contribution in [0.15, 0.2) is 30.3 Å². The molecule has 4 nitrogen and oxygen atoms in total. The molecule has 1 heterocycles. The van der Waals surface area contributed by atoms with Crippen LogP contribution in [-0.4, -0.2) is 18.5 Å². The summed E-state index contributed by atoms with van der Waals surface area (Å²) >= 11 is 7.44. The topological polar surface area (TPSA) is 55.4 Å². The molecule has 0 aliphatic heterocycles. The number of hydrogen-bond acceptors (Lipinski definition) is 4. The number of para-hydroxylation sites is 1. The van der Waals surface area contributed by atoms with E-state index in [1.165, 1.54) is 34.6 Å². The maximum atomic E-state index is 12.1. The quantitative estimate of drug-likeness (QED) is 0.846. The molecule has 1 N–H and O–H groups in total. The van der Waals surface area contributed by atoms with Crippen molar-refractivity contribution in [1.29, 1.82) is 0 Å². The Bertz CT molecular complexity index is 718. The number of benzene rings is 1. The molecule has 0 saturated carbocycles. The second kappa shape index (κ2) is 7.15. The van der Waals surface area contributed by atoms with Gasteiger partial charge >= 0.3 is 5.97 Å². The number of anilines is 1. The second-order valence-corrected chi connectivity index (χ2v) is 6.91. The largest absolute Gasteiger partial charge is 0.451 e. The number of carbonyl (C=O) groups is 2. The third-order valence-corrected chi connectivity index (χ3v) is 5.23. The summed E-state index contributed by atoms with van der Waals surface area (Å²) in [6.45, 7) is -0.327. The Morgan fingerprint density at radius 1 is 1.22 bits per heavy atom. The Morgan fingerprint density at radius 2 is 2.00 bits per heavy atom. The van der Waals surface area contributed by atoms with Gasteiger partial charge in [0.2, 0.25) is 0 Å². The molecule has 0 atom stereocenters. The number of hydrogen-bond donors (Lipinski definition) is 1. The lowest BCUT2D eigenvalue weighted by Gasteiger charge is -2.08. The van der Waals surface area contributed by atoms with Crippen molar-refractivity contribution in [3.8, 4) is 0 Å². The van der Waals surface area contributed by atoms with Crippen LogP contribution in [0, 0.1) is 0 Å². The molecule has 2 aromatic rings. The monoisotopic (exact) mass is 349 g/mol. The molecule has 0 bridgehead atoms. The first kappa shape index (κ1) is 16.0. The third-order valence-electron chi connectivity index (χ3n) is 3.68. The zero-order valence-electron chi connectivity index (χ0n) is 12.4. The molecule has 1 aliphatic rings. The number of ether oxygens (including phenoxy) is 1. The van der Waals surface area contributed by atoms with Gasteiger partial charge in [0.05, 0.1) is 10.7 Å². The van der Waals surface area contributed by atoms with E-state index in [9.17, 15) is 9.59 Å². The molecule has 23 heavy (non-hydrogen) atoms. The van der Waals surface area contributed by atoms with E-state index < -0.39 is 11.9 Å². The van der Waals surface area contributed by atoms with E-state index in [0.29, 0.717) is 15.6 Å². The molecule has 1 aromatic heterocycles. The molecule has 120 valence electrons. The summed E-state index contributed by atoms with van der Waals surface area (Å²) in [5.74, 6) is -0.855. The van der Waals surface area contributed by atoms with Crippen LogP contribution in [0.25, 0.3) is 0 Å². The van der Waals surface area contributed by atoms with Gasteiger partial charge in [0.1, 0.15) is 4.88 Å². The standard InChI is InChI=1S/C17H16ClNO3S/c18-12-6-2-3-7-13(12)19-16(20)10-22-17(21)15-9-11-5-1-4-8-14(11)23-15/h2-3,6-7,9H,1,4-5,8,10H2,(H,19,20). The van der Waals surface area contributed by atoms with Crippen molar-refractivity contribution >= 4 is 40.5 Å². The normalized spacial score (nSPS) is 13.3. The summed E-state index contributed by atoms with van der Waals surface area (Å²) in [6, 6.07) is 8.81. The summed E-state index contributed by atoms with van der Waals surface area (Å²) in [7, 11) is 0. The highest BCUT2D eigenvalue weighted by atomic mass is 35.5. The smallest absolute Gasteiger partial charge is 0.348 e. The molecule has 1 amide bonds. The van der Waals surface area contributed by atoms with E-state index in [1.54, 1.807) is 24.3 Å². The van der Waals surface area contributed by atoms with Crippen molar-refractivity contribution < 1.29 is 14.3 Å². The summed E-state index contributed by atoms with van der Waals surface area (Å²) in [5.41, 5.74) is 1.75. The van der Waals surface area contributed by atoms with Crippen LogP contribution >= 0.6 is 22.9 Å². The molecular weight excluding hydrogens is 334 g/mol. The van der Waals surface area contributed by atoms with Crippen LogP contribution < -0.4 is 5.32 Å².